The van der Waals surface area contributed by atoms with Gasteiger partial charge in [0.2, 0.25) is 0 Å². The first-order valence-corrected chi connectivity index (χ1v) is 10.5. The van der Waals surface area contributed by atoms with Crippen molar-refractivity contribution in [3.05, 3.63) is 70.1 Å². The standard InChI is InChI=1S/C23H24ClN3O4/c1-15-20(16(2)31-26-15)14-30-19-5-3-4-17(12-19)23(28)25-21-13-18(24)6-7-22(21)27-8-10-29-11-9-27/h3-7,12-13H,8-11,14H2,1-2H3,(H,25,28). The second-order valence-electron chi connectivity index (χ2n) is 7.33. The van der Waals surface area contributed by atoms with E-state index in [1.807, 2.05) is 32.0 Å². The average Bonchev–Trinajstić information content (AvgIpc) is 3.10. The van der Waals surface area contributed by atoms with Crippen LogP contribution < -0.4 is 15.0 Å². The molecule has 1 saturated heterocycles. The minimum Gasteiger partial charge on any atom is -0.489 e. The molecule has 2 heterocycles. The molecule has 0 unspecified atom stereocenters. The lowest BCUT2D eigenvalue weighted by molar-refractivity contribution is 0.102. The number of ether oxygens (including phenoxy) is 2. The van der Waals surface area contributed by atoms with E-state index < -0.39 is 0 Å². The normalized spacial score (nSPS) is 13.8. The topological polar surface area (TPSA) is 76.8 Å². The molecule has 0 saturated carbocycles. The molecule has 31 heavy (non-hydrogen) atoms. The molecule has 0 radical (unpaired) electrons. The van der Waals surface area contributed by atoms with Crippen LogP contribution in [0.2, 0.25) is 5.02 Å². The van der Waals surface area contributed by atoms with Crippen molar-refractivity contribution in [2.75, 3.05) is 36.5 Å². The molecule has 0 atom stereocenters. The second kappa shape index (κ2) is 9.41. The number of rotatable bonds is 6. The molecule has 1 amide bonds. The fraction of sp³-hybridized carbons (Fsp3) is 0.304. The number of hydrogen-bond donors (Lipinski definition) is 1. The zero-order valence-electron chi connectivity index (χ0n) is 17.5. The maximum atomic E-state index is 13.0. The van der Waals surface area contributed by atoms with E-state index in [1.54, 1.807) is 24.3 Å². The molecule has 1 aliphatic heterocycles. The number of nitrogens with zero attached hydrogens (tertiary/aromatic N) is 2. The summed E-state index contributed by atoms with van der Waals surface area (Å²) in [7, 11) is 0. The first-order valence-electron chi connectivity index (χ1n) is 10.1. The van der Waals surface area contributed by atoms with Crippen LogP contribution in [-0.2, 0) is 11.3 Å². The Morgan fingerprint density at radius 3 is 2.74 bits per heavy atom. The summed E-state index contributed by atoms with van der Waals surface area (Å²) < 4.78 is 16.5. The van der Waals surface area contributed by atoms with Crippen LogP contribution in [0.3, 0.4) is 0 Å². The molecule has 1 N–H and O–H groups in total. The SMILES string of the molecule is Cc1noc(C)c1COc1cccc(C(=O)Nc2cc(Cl)ccc2N2CCOCC2)c1. The summed E-state index contributed by atoms with van der Waals surface area (Å²) in [6.07, 6.45) is 0. The Balaban J connectivity index is 1.49. The van der Waals surface area contributed by atoms with Gasteiger partial charge in [-0.15, -0.1) is 0 Å². The van der Waals surface area contributed by atoms with Crippen LogP contribution in [0.25, 0.3) is 0 Å². The number of carbonyl (C=O) groups is 1. The lowest BCUT2D eigenvalue weighted by atomic mass is 10.1. The molecule has 2 aromatic carbocycles. The van der Waals surface area contributed by atoms with Gasteiger partial charge in [0.15, 0.2) is 0 Å². The Bertz CT molecular complexity index is 1060. The van der Waals surface area contributed by atoms with Gasteiger partial charge in [-0.25, -0.2) is 0 Å². The number of nitrogens with one attached hydrogen (secondary N) is 1. The predicted molar refractivity (Wildman–Crippen MR) is 119 cm³/mol. The van der Waals surface area contributed by atoms with E-state index in [4.69, 9.17) is 25.6 Å². The molecule has 0 spiro atoms. The number of aryl methyl sites for hydroxylation is 2. The van der Waals surface area contributed by atoms with Crippen molar-refractivity contribution in [1.29, 1.82) is 0 Å². The van der Waals surface area contributed by atoms with E-state index in [0.29, 0.717) is 41.8 Å². The lowest BCUT2D eigenvalue weighted by Crippen LogP contribution is -2.36. The summed E-state index contributed by atoms with van der Waals surface area (Å²) in [5.74, 6) is 1.08. The number of anilines is 2. The number of aromatic nitrogens is 1. The third-order valence-corrected chi connectivity index (χ3v) is 5.45. The summed E-state index contributed by atoms with van der Waals surface area (Å²) in [4.78, 5) is 15.2. The Kier molecular flexibility index (Phi) is 6.44. The highest BCUT2D eigenvalue weighted by molar-refractivity contribution is 6.31. The first kappa shape index (κ1) is 21.2. The fourth-order valence-corrected chi connectivity index (χ4v) is 3.65. The first-order chi connectivity index (χ1) is 15.0. The zero-order chi connectivity index (χ0) is 21.8. The average molecular weight is 442 g/mol. The Morgan fingerprint density at radius 1 is 1.19 bits per heavy atom. The van der Waals surface area contributed by atoms with Gasteiger partial charge in [0.05, 0.1) is 35.8 Å². The molecule has 1 aliphatic rings. The van der Waals surface area contributed by atoms with Crippen LogP contribution in [0.5, 0.6) is 5.75 Å². The van der Waals surface area contributed by atoms with Crippen molar-refractivity contribution < 1.29 is 18.8 Å². The smallest absolute Gasteiger partial charge is 0.255 e. The van der Waals surface area contributed by atoms with E-state index in [0.717, 1.165) is 35.8 Å². The molecule has 3 aromatic rings. The highest BCUT2D eigenvalue weighted by atomic mass is 35.5. The molecule has 0 aliphatic carbocycles. The Labute approximate surface area is 185 Å². The molecule has 7 nitrogen and oxygen atoms in total. The second-order valence-corrected chi connectivity index (χ2v) is 7.77. The summed E-state index contributed by atoms with van der Waals surface area (Å²) in [5.41, 5.74) is 3.78. The molecule has 1 fully saturated rings. The minimum absolute atomic E-state index is 0.237. The summed E-state index contributed by atoms with van der Waals surface area (Å²) in [6.45, 7) is 6.86. The number of amides is 1. The fourth-order valence-electron chi connectivity index (χ4n) is 3.47. The van der Waals surface area contributed by atoms with Gasteiger partial charge in [-0.1, -0.05) is 22.8 Å². The molecular formula is C23H24ClN3O4. The number of hydrogen-bond acceptors (Lipinski definition) is 6. The van der Waals surface area contributed by atoms with Crippen molar-refractivity contribution in [2.24, 2.45) is 0 Å². The maximum absolute atomic E-state index is 13.0. The molecule has 4 rings (SSSR count). The van der Waals surface area contributed by atoms with Gasteiger partial charge in [-0.3, -0.25) is 4.79 Å². The number of halogens is 1. The molecule has 8 heteroatoms. The van der Waals surface area contributed by atoms with Gasteiger partial charge < -0.3 is 24.2 Å². The van der Waals surface area contributed by atoms with Crippen LogP contribution in [0.1, 0.15) is 27.4 Å². The quantitative estimate of drug-likeness (QED) is 0.601. The Morgan fingerprint density at radius 2 is 2.00 bits per heavy atom. The van der Waals surface area contributed by atoms with Crippen molar-refractivity contribution in [1.82, 2.24) is 5.16 Å². The van der Waals surface area contributed by atoms with Crippen molar-refractivity contribution in [2.45, 2.75) is 20.5 Å². The van der Waals surface area contributed by atoms with Gasteiger partial charge in [0.25, 0.3) is 5.91 Å². The van der Waals surface area contributed by atoms with Gasteiger partial charge in [0, 0.05) is 23.7 Å². The zero-order valence-corrected chi connectivity index (χ0v) is 18.2. The van der Waals surface area contributed by atoms with E-state index in [1.165, 1.54) is 0 Å². The number of carbonyl (C=O) groups excluding carboxylic acids is 1. The van der Waals surface area contributed by atoms with Gasteiger partial charge in [-0.2, -0.15) is 0 Å². The molecule has 162 valence electrons. The third-order valence-electron chi connectivity index (χ3n) is 5.22. The highest BCUT2D eigenvalue weighted by Crippen LogP contribution is 2.30. The van der Waals surface area contributed by atoms with E-state index in [-0.39, 0.29) is 5.91 Å². The van der Waals surface area contributed by atoms with Crippen LogP contribution in [0.4, 0.5) is 11.4 Å². The number of benzene rings is 2. The highest BCUT2D eigenvalue weighted by Gasteiger charge is 2.18. The van der Waals surface area contributed by atoms with Crippen LogP contribution >= 0.6 is 11.6 Å². The van der Waals surface area contributed by atoms with E-state index in [9.17, 15) is 4.79 Å². The van der Waals surface area contributed by atoms with Crippen LogP contribution in [0, 0.1) is 13.8 Å². The van der Waals surface area contributed by atoms with E-state index in [2.05, 4.69) is 15.4 Å². The minimum atomic E-state index is -0.237. The third kappa shape index (κ3) is 5.00. The van der Waals surface area contributed by atoms with Crippen LogP contribution in [-0.4, -0.2) is 37.4 Å². The number of morpholine rings is 1. The van der Waals surface area contributed by atoms with Gasteiger partial charge >= 0.3 is 0 Å². The van der Waals surface area contributed by atoms with Crippen molar-refractivity contribution >= 4 is 28.9 Å². The summed E-state index contributed by atoms with van der Waals surface area (Å²) in [6, 6.07) is 12.6. The monoisotopic (exact) mass is 441 g/mol. The Hall–Kier alpha value is -3.03. The lowest BCUT2D eigenvalue weighted by Gasteiger charge is -2.30. The molecule has 0 bridgehead atoms. The molecule has 1 aromatic heterocycles. The predicted octanol–water partition coefficient (Wildman–Crippen LogP) is 4.61. The van der Waals surface area contributed by atoms with Crippen molar-refractivity contribution in [3.63, 3.8) is 0 Å². The van der Waals surface area contributed by atoms with Gasteiger partial charge in [-0.05, 0) is 50.2 Å². The maximum Gasteiger partial charge on any atom is 0.255 e. The summed E-state index contributed by atoms with van der Waals surface area (Å²) in [5, 5.41) is 7.49. The van der Waals surface area contributed by atoms with Crippen LogP contribution in [0.15, 0.2) is 47.0 Å². The van der Waals surface area contributed by atoms with Gasteiger partial charge in [0.1, 0.15) is 18.1 Å². The summed E-state index contributed by atoms with van der Waals surface area (Å²) >= 11 is 6.20. The molecular weight excluding hydrogens is 418 g/mol. The van der Waals surface area contributed by atoms with E-state index >= 15 is 0 Å². The van der Waals surface area contributed by atoms with Crippen molar-refractivity contribution in [3.8, 4) is 5.75 Å². The largest absolute Gasteiger partial charge is 0.489 e.